The Morgan fingerprint density at radius 2 is 2.11 bits per heavy atom. The van der Waals surface area contributed by atoms with Crippen LogP contribution in [0.4, 0.5) is 0 Å². The van der Waals surface area contributed by atoms with Gasteiger partial charge in [-0.25, -0.2) is 0 Å². The van der Waals surface area contributed by atoms with Crippen LogP contribution in [0.2, 0.25) is 0 Å². The number of para-hydroxylation sites is 1. The van der Waals surface area contributed by atoms with Gasteiger partial charge in [0.25, 0.3) is 0 Å². The summed E-state index contributed by atoms with van der Waals surface area (Å²) in [6.45, 7) is 4.11. The Morgan fingerprint density at radius 3 is 2.79 bits per heavy atom. The predicted octanol–water partition coefficient (Wildman–Crippen LogP) is 4.33. The van der Waals surface area contributed by atoms with Gasteiger partial charge in [-0.3, -0.25) is 4.79 Å². The molecule has 0 aliphatic heterocycles. The average Bonchev–Trinajstić information content (AvgIpc) is 3.03. The van der Waals surface area contributed by atoms with E-state index in [-0.39, 0.29) is 5.78 Å². The number of aryl methyl sites for hydroxylation is 2. The molecule has 0 aliphatic rings. The zero-order valence-corrected chi connectivity index (χ0v) is 11.8. The third-order valence-corrected chi connectivity index (χ3v) is 4.39. The number of hydrogen-bond acceptors (Lipinski definition) is 2. The van der Waals surface area contributed by atoms with Gasteiger partial charge in [-0.15, -0.1) is 0 Å². The van der Waals surface area contributed by atoms with Gasteiger partial charge in [-0.1, -0.05) is 25.1 Å². The van der Waals surface area contributed by atoms with Crippen LogP contribution in [0.15, 0.2) is 35.2 Å². The van der Waals surface area contributed by atoms with E-state index in [2.05, 4.69) is 18.0 Å². The van der Waals surface area contributed by atoms with Crippen LogP contribution in [0.3, 0.4) is 0 Å². The summed E-state index contributed by atoms with van der Waals surface area (Å²) in [5.74, 6) is 0.109. The first-order valence-electron chi connectivity index (χ1n) is 6.38. The zero-order chi connectivity index (χ0) is 13.4. The maximum atomic E-state index is 12.6. The van der Waals surface area contributed by atoms with E-state index in [1.54, 1.807) is 11.3 Å². The second kappa shape index (κ2) is 4.67. The zero-order valence-electron chi connectivity index (χ0n) is 11.0. The van der Waals surface area contributed by atoms with Crippen molar-refractivity contribution in [2.24, 2.45) is 0 Å². The molecule has 0 bridgehead atoms. The lowest BCUT2D eigenvalue weighted by atomic mass is 10.0. The Bertz CT molecular complexity index is 751. The second-order valence-electron chi connectivity index (χ2n) is 4.69. The van der Waals surface area contributed by atoms with Crippen molar-refractivity contribution in [3.63, 3.8) is 0 Å². The maximum absolute atomic E-state index is 12.6. The third-order valence-electron chi connectivity index (χ3n) is 3.53. The van der Waals surface area contributed by atoms with Gasteiger partial charge in [0.15, 0.2) is 5.78 Å². The van der Waals surface area contributed by atoms with E-state index in [0.717, 1.165) is 34.0 Å². The fraction of sp³-hybridized carbons (Fsp3) is 0.188. The molecule has 0 atom stereocenters. The summed E-state index contributed by atoms with van der Waals surface area (Å²) in [6, 6.07) is 6.13. The Labute approximate surface area is 116 Å². The smallest absolute Gasteiger partial charge is 0.196 e. The fourth-order valence-electron chi connectivity index (χ4n) is 2.44. The molecule has 3 aromatic rings. The number of aromatic amines is 1. The molecule has 3 rings (SSSR count). The van der Waals surface area contributed by atoms with Crippen LogP contribution in [0.5, 0.6) is 0 Å². The lowest BCUT2D eigenvalue weighted by molar-refractivity contribution is 0.104. The number of hydrogen-bond donors (Lipinski definition) is 1. The molecule has 0 unspecified atom stereocenters. The van der Waals surface area contributed by atoms with E-state index < -0.39 is 0 Å². The molecule has 2 nitrogen and oxygen atoms in total. The summed E-state index contributed by atoms with van der Waals surface area (Å²) in [4.78, 5) is 15.8. The van der Waals surface area contributed by atoms with E-state index in [4.69, 9.17) is 0 Å². The largest absolute Gasteiger partial charge is 0.360 e. The van der Waals surface area contributed by atoms with Gasteiger partial charge in [0.2, 0.25) is 0 Å². The molecule has 0 saturated heterocycles. The Hall–Kier alpha value is -1.87. The molecule has 3 heteroatoms. The van der Waals surface area contributed by atoms with Gasteiger partial charge < -0.3 is 4.98 Å². The fourth-order valence-corrected chi connectivity index (χ4v) is 3.27. The summed E-state index contributed by atoms with van der Waals surface area (Å²) in [5.41, 5.74) is 4.97. The average molecular weight is 269 g/mol. The number of rotatable bonds is 3. The number of nitrogens with one attached hydrogen (secondary N) is 1. The molecule has 0 radical (unpaired) electrons. The van der Waals surface area contributed by atoms with Crippen molar-refractivity contribution in [2.45, 2.75) is 20.3 Å². The molecule has 0 amide bonds. The van der Waals surface area contributed by atoms with Crippen molar-refractivity contribution < 1.29 is 4.79 Å². The van der Waals surface area contributed by atoms with Crippen LogP contribution >= 0.6 is 11.3 Å². The molecule has 96 valence electrons. The first-order chi connectivity index (χ1) is 9.22. The minimum atomic E-state index is 0.109. The SMILES string of the molecule is CCc1cccc2c(C(=O)c3cscc3C)c[nH]c12. The van der Waals surface area contributed by atoms with Crippen LogP contribution in [-0.2, 0) is 6.42 Å². The normalized spacial score (nSPS) is 11.1. The van der Waals surface area contributed by atoms with Crippen LogP contribution < -0.4 is 0 Å². The van der Waals surface area contributed by atoms with Gasteiger partial charge in [-0.05, 0) is 29.9 Å². The van der Waals surface area contributed by atoms with E-state index in [0.29, 0.717) is 0 Å². The van der Waals surface area contributed by atoms with Crippen molar-refractivity contribution in [3.8, 4) is 0 Å². The second-order valence-corrected chi connectivity index (χ2v) is 5.44. The molecule has 0 aliphatic carbocycles. The van der Waals surface area contributed by atoms with Gasteiger partial charge in [-0.2, -0.15) is 11.3 Å². The highest BCUT2D eigenvalue weighted by Crippen LogP contribution is 2.26. The number of aromatic nitrogens is 1. The van der Waals surface area contributed by atoms with E-state index in [1.807, 2.05) is 36.0 Å². The lowest BCUT2D eigenvalue weighted by Crippen LogP contribution is -2.00. The Kier molecular flexibility index (Phi) is 2.99. The van der Waals surface area contributed by atoms with Crippen molar-refractivity contribution in [3.05, 3.63) is 57.4 Å². The van der Waals surface area contributed by atoms with Gasteiger partial charge in [0.05, 0.1) is 0 Å². The van der Waals surface area contributed by atoms with Crippen LogP contribution in [0.25, 0.3) is 10.9 Å². The Balaban J connectivity index is 2.17. The summed E-state index contributed by atoms with van der Waals surface area (Å²) >= 11 is 1.57. The standard InChI is InChI=1S/C16H15NOS/c1-3-11-5-4-6-12-13(7-17-15(11)12)16(18)14-9-19-8-10(14)2/h4-9,17H,3H2,1-2H3. The monoisotopic (exact) mass is 269 g/mol. The summed E-state index contributed by atoms with van der Waals surface area (Å²) in [7, 11) is 0. The molecule has 2 heterocycles. The van der Waals surface area contributed by atoms with Gasteiger partial charge in [0, 0.05) is 33.6 Å². The molecule has 19 heavy (non-hydrogen) atoms. The summed E-state index contributed by atoms with van der Waals surface area (Å²) < 4.78 is 0. The van der Waals surface area contributed by atoms with E-state index in [9.17, 15) is 4.79 Å². The maximum Gasteiger partial charge on any atom is 0.196 e. The molecule has 1 N–H and O–H groups in total. The van der Waals surface area contributed by atoms with Crippen molar-refractivity contribution in [2.75, 3.05) is 0 Å². The highest BCUT2D eigenvalue weighted by molar-refractivity contribution is 7.08. The van der Waals surface area contributed by atoms with Gasteiger partial charge >= 0.3 is 0 Å². The number of ketones is 1. The van der Waals surface area contributed by atoms with Gasteiger partial charge in [0.1, 0.15) is 0 Å². The lowest BCUT2D eigenvalue weighted by Gasteiger charge is -2.01. The number of carbonyl (C=O) groups excluding carboxylic acids is 1. The first kappa shape index (κ1) is 12.2. The molecule has 0 saturated carbocycles. The number of thiophene rings is 1. The highest BCUT2D eigenvalue weighted by atomic mass is 32.1. The van der Waals surface area contributed by atoms with E-state index in [1.165, 1.54) is 5.56 Å². The quantitative estimate of drug-likeness (QED) is 0.705. The van der Waals surface area contributed by atoms with E-state index >= 15 is 0 Å². The van der Waals surface area contributed by atoms with Crippen molar-refractivity contribution >= 4 is 28.0 Å². The van der Waals surface area contributed by atoms with Crippen LogP contribution in [0, 0.1) is 6.92 Å². The number of fused-ring (bicyclic) bond motifs is 1. The molecule has 2 aromatic heterocycles. The minimum absolute atomic E-state index is 0.109. The predicted molar refractivity (Wildman–Crippen MR) is 80.2 cm³/mol. The molecule has 1 aromatic carbocycles. The topological polar surface area (TPSA) is 32.9 Å². The number of H-pyrrole nitrogens is 1. The highest BCUT2D eigenvalue weighted by Gasteiger charge is 2.17. The molecular weight excluding hydrogens is 254 g/mol. The van der Waals surface area contributed by atoms with Crippen molar-refractivity contribution in [1.82, 2.24) is 4.98 Å². The first-order valence-corrected chi connectivity index (χ1v) is 7.33. The minimum Gasteiger partial charge on any atom is -0.360 e. The molecule has 0 spiro atoms. The number of carbonyl (C=O) groups is 1. The molecular formula is C16H15NOS. The third kappa shape index (κ3) is 1.90. The Morgan fingerprint density at radius 1 is 1.26 bits per heavy atom. The number of benzene rings is 1. The van der Waals surface area contributed by atoms with Crippen LogP contribution in [-0.4, -0.2) is 10.8 Å². The summed E-state index contributed by atoms with van der Waals surface area (Å²) in [5, 5.41) is 4.97. The van der Waals surface area contributed by atoms with Crippen LogP contribution in [0.1, 0.15) is 34.0 Å². The van der Waals surface area contributed by atoms with Crippen molar-refractivity contribution in [1.29, 1.82) is 0 Å². The summed E-state index contributed by atoms with van der Waals surface area (Å²) in [6.07, 6.45) is 2.80. The molecule has 0 fully saturated rings.